The molecule has 2 aliphatic rings. The van der Waals surface area contributed by atoms with E-state index in [1.807, 2.05) is 6.07 Å². The summed E-state index contributed by atoms with van der Waals surface area (Å²) in [6.07, 6.45) is 1.21. The minimum absolute atomic E-state index is 0.345. The van der Waals surface area contributed by atoms with E-state index in [2.05, 4.69) is 39.1 Å². The molecule has 1 aromatic rings. The molecule has 1 saturated heterocycles. The number of nitrogens with zero attached hydrogens (tertiary/aromatic N) is 4. The number of likely N-dealkylation sites (N-methyl/N-ethyl adjacent to an activating group) is 1. The molecule has 1 aromatic heterocycles. The SMILES string of the molecule is CC1CC1Nc1cc(N2CCN(C)C2)nc(N)n1. The van der Waals surface area contributed by atoms with Crippen molar-refractivity contribution in [2.24, 2.45) is 5.92 Å². The largest absolute Gasteiger partial charge is 0.368 e. The normalized spacial score (nSPS) is 27.6. The molecule has 2 heterocycles. The highest BCUT2D eigenvalue weighted by Gasteiger charge is 2.33. The Morgan fingerprint density at radius 2 is 2.17 bits per heavy atom. The second-order valence-electron chi connectivity index (χ2n) is 5.42. The van der Waals surface area contributed by atoms with E-state index >= 15 is 0 Å². The van der Waals surface area contributed by atoms with Crippen LogP contribution in [0.5, 0.6) is 0 Å². The van der Waals surface area contributed by atoms with Crippen LogP contribution < -0.4 is 16.0 Å². The molecular formula is C12H20N6. The van der Waals surface area contributed by atoms with Crippen molar-refractivity contribution in [1.29, 1.82) is 0 Å². The lowest BCUT2D eigenvalue weighted by atomic mass is 10.4. The molecule has 1 saturated carbocycles. The Labute approximate surface area is 107 Å². The number of rotatable bonds is 3. The van der Waals surface area contributed by atoms with E-state index in [4.69, 9.17) is 5.73 Å². The van der Waals surface area contributed by atoms with Gasteiger partial charge >= 0.3 is 0 Å². The molecule has 2 fully saturated rings. The molecule has 6 nitrogen and oxygen atoms in total. The summed E-state index contributed by atoms with van der Waals surface area (Å²) in [4.78, 5) is 13.1. The fourth-order valence-corrected chi connectivity index (χ4v) is 2.31. The minimum atomic E-state index is 0.345. The highest BCUT2D eigenvalue weighted by Crippen LogP contribution is 2.33. The highest BCUT2D eigenvalue weighted by atomic mass is 15.4. The van der Waals surface area contributed by atoms with Crippen LogP contribution in [0.3, 0.4) is 0 Å². The fourth-order valence-electron chi connectivity index (χ4n) is 2.31. The van der Waals surface area contributed by atoms with Crippen molar-refractivity contribution >= 4 is 17.6 Å². The van der Waals surface area contributed by atoms with Gasteiger partial charge in [-0.05, 0) is 19.4 Å². The van der Waals surface area contributed by atoms with Gasteiger partial charge in [-0.15, -0.1) is 0 Å². The molecule has 3 rings (SSSR count). The molecule has 0 bridgehead atoms. The Hall–Kier alpha value is -1.56. The van der Waals surface area contributed by atoms with Crippen molar-refractivity contribution in [3.8, 4) is 0 Å². The Morgan fingerprint density at radius 1 is 1.39 bits per heavy atom. The number of nitrogens with one attached hydrogen (secondary N) is 1. The zero-order valence-corrected chi connectivity index (χ0v) is 10.9. The van der Waals surface area contributed by atoms with Crippen LogP contribution in [0.25, 0.3) is 0 Å². The summed E-state index contributed by atoms with van der Waals surface area (Å²) < 4.78 is 0. The van der Waals surface area contributed by atoms with Crippen LogP contribution >= 0.6 is 0 Å². The lowest BCUT2D eigenvalue weighted by Gasteiger charge is -2.18. The maximum Gasteiger partial charge on any atom is 0.223 e. The predicted molar refractivity (Wildman–Crippen MR) is 72.5 cm³/mol. The maximum absolute atomic E-state index is 5.79. The van der Waals surface area contributed by atoms with Crippen molar-refractivity contribution < 1.29 is 0 Å². The minimum Gasteiger partial charge on any atom is -0.368 e. The molecule has 18 heavy (non-hydrogen) atoms. The summed E-state index contributed by atoms with van der Waals surface area (Å²) in [5.41, 5.74) is 5.79. The topological polar surface area (TPSA) is 70.3 Å². The molecule has 0 radical (unpaired) electrons. The first-order valence-electron chi connectivity index (χ1n) is 6.46. The maximum atomic E-state index is 5.79. The van der Waals surface area contributed by atoms with Crippen LogP contribution in [0, 0.1) is 5.92 Å². The monoisotopic (exact) mass is 248 g/mol. The van der Waals surface area contributed by atoms with E-state index in [-0.39, 0.29) is 0 Å². The second kappa shape index (κ2) is 4.28. The summed E-state index contributed by atoms with van der Waals surface area (Å²) >= 11 is 0. The smallest absolute Gasteiger partial charge is 0.223 e. The number of nitrogens with two attached hydrogens (primary N) is 1. The molecule has 2 unspecified atom stereocenters. The van der Waals surface area contributed by atoms with Crippen LogP contribution in [0.2, 0.25) is 0 Å². The molecule has 0 spiro atoms. The quantitative estimate of drug-likeness (QED) is 0.816. The van der Waals surface area contributed by atoms with Gasteiger partial charge in [0, 0.05) is 25.2 Å². The van der Waals surface area contributed by atoms with E-state index < -0.39 is 0 Å². The molecule has 3 N–H and O–H groups in total. The van der Waals surface area contributed by atoms with Crippen molar-refractivity contribution in [2.75, 3.05) is 42.8 Å². The number of aromatic nitrogens is 2. The van der Waals surface area contributed by atoms with E-state index in [1.54, 1.807) is 0 Å². The molecule has 6 heteroatoms. The third-order valence-electron chi connectivity index (χ3n) is 3.66. The van der Waals surface area contributed by atoms with Crippen molar-refractivity contribution in [3.05, 3.63) is 6.07 Å². The molecule has 0 aromatic carbocycles. The fraction of sp³-hybridized carbons (Fsp3) is 0.667. The van der Waals surface area contributed by atoms with Gasteiger partial charge in [0.1, 0.15) is 11.6 Å². The van der Waals surface area contributed by atoms with Crippen molar-refractivity contribution in [2.45, 2.75) is 19.4 Å². The van der Waals surface area contributed by atoms with Gasteiger partial charge in [0.2, 0.25) is 5.95 Å². The summed E-state index contributed by atoms with van der Waals surface area (Å²) in [5, 5.41) is 3.41. The van der Waals surface area contributed by atoms with Crippen LogP contribution in [-0.4, -0.2) is 47.7 Å². The lowest BCUT2D eigenvalue weighted by Crippen LogP contribution is -2.24. The average Bonchev–Trinajstić information content (AvgIpc) is 2.83. The van der Waals surface area contributed by atoms with E-state index in [1.165, 1.54) is 6.42 Å². The highest BCUT2D eigenvalue weighted by molar-refractivity contribution is 5.53. The predicted octanol–water partition coefficient (Wildman–Crippen LogP) is 0.588. The number of hydrogen-bond donors (Lipinski definition) is 2. The summed E-state index contributed by atoms with van der Waals surface area (Å²) in [5.74, 6) is 2.85. The number of anilines is 3. The summed E-state index contributed by atoms with van der Waals surface area (Å²) in [6, 6.07) is 2.55. The second-order valence-corrected chi connectivity index (χ2v) is 5.42. The third kappa shape index (κ3) is 2.33. The van der Waals surface area contributed by atoms with Gasteiger partial charge in [0.25, 0.3) is 0 Å². The Balaban J connectivity index is 1.77. The van der Waals surface area contributed by atoms with Crippen LogP contribution in [0.4, 0.5) is 17.6 Å². The molecular weight excluding hydrogens is 228 g/mol. The zero-order valence-electron chi connectivity index (χ0n) is 10.9. The van der Waals surface area contributed by atoms with Crippen LogP contribution in [-0.2, 0) is 0 Å². The van der Waals surface area contributed by atoms with Crippen LogP contribution in [0.1, 0.15) is 13.3 Å². The lowest BCUT2D eigenvalue weighted by molar-refractivity contribution is 0.420. The van der Waals surface area contributed by atoms with Gasteiger partial charge in [-0.3, -0.25) is 4.90 Å². The van der Waals surface area contributed by atoms with Gasteiger partial charge in [0.15, 0.2) is 0 Å². The zero-order chi connectivity index (χ0) is 12.7. The summed E-state index contributed by atoms with van der Waals surface area (Å²) in [7, 11) is 2.11. The first-order valence-corrected chi connectivity index (χ1v) is 6.46. The van der Waals surface area contributed by atoms with Gasteiger partial charge in [-0.1, -0.05) is 6.92 Å². The molecule has 1 aliphatic heterocycles. The van der Waals surface area contributed by atoms with Gasteiger partial charge in [-0.2, -0.15) is 9.97 Å². The number of hydrogen-bond acceptors (Lipinski definition) is 6. The molecule has 2 atom stereocenters. The first-order chi connectivity index (χ1) is 8.61. The van der Waals surface area contributed by atoms with E-state index in [0.717, 1.165) is 37.3 Å². The first kappa shape index (κ1) is 11.5. The summed E-state index contributed by atoms with van der Waals surface area (Å²) in [6.45, 7) is 5.19. The van der Waals surface area contributed by atoms with Gasteiger partial charge in [-0.25, -0.2) is 0 Å². The Morgan fingerprint density at radius 3 is 2.78 bits per heavy atom. The molecule has 98 valence electrons. The van der Waals surface area contributed by atoms with Crippen LogP contribution in [0.15, 0.2) is 6.07 Å². The van der Waals surface area contributed by atoms with Crippen molar-refractivity contribution in [1.82, 2.24) is 14.9 Å². The number of nitrogen functional groups attached to an aromatic ring is 1. The third-order valence-corrected chi connectivity index (χ3v) is 3.66. The average molecular weight is 248 g/mol. The van der Waals surface area contributed by atoms with E-state index in [0.29, 0.717) is 12.0 Å². The van der Waals surface area contributed by atoms with Gasteiger partial charge in [0.05, 0.1) is 6.67 Å². The standard InChI is InChI=1S/C12H20N6/c1-8-5-9(8)14-10-6-11(16-12(13)15-10)18-4-3-17(2)7-18/h6,8-9H,3-5,7H2,1-2H3,(H3,13,14,15,16). The Kier molecular flexibility index (Phi) is 2.74. The van der Waals surface area contributed by atoms with E-state index in [9.17, 15) is 0 Å². The molecule has 0 amide bonds. The Bertz CT molecular complexity index is 448. The van der Waals surface area contributed by atoms with Crippen molar-refractivity contribution in [3.63, 3.8) is 0 Å². The molecule has 1 aliphatic carbocycles. The van der Waals surface area contributed by atoms with Gasteiger partial charge < -0.3 is 16.0 Å².